The summed E-state index contributed by atoms with van der Waals surface area (Å²) < 4.78 is 33.4. The van der Waals surface area contributed by atoms with Crippen LogP contribution in [0, 0.1) is 0 Å². The fraction of sp³-hybridized carbons (Fsp3) is 0.278. The molecular formula is C18H20N2O4S2. The van der Waals surface area contributed by atoms with Gasteiger partial charge in [-0.05, 0) is 41.6 Å². The van der Waals surface area contributed by atoms with E-state index in [1.165, 1.54) is 24.9 Å². The van der Waals surface area contributed by atoms with E-state index in [0.29, 0.717) is 18.7 Å². The molecule has 0 aliphatic carbocycles. The van der Waals surface area contributed by atoms with Crippen LogP contribution in [0.15, 0.2) is 46.2 Å². The number of nitrogens with zero attached hydrogens (tertiary/aromatic N) is 1. The molecule has 0 atom stereocenters. The Bertz CT molecular complexity index is 958. The summed E-state index contributed by atoms with van der Waals surface area (Å²) >= 11 is 1.50. The van der Waals surface area contributed by atoms with Gasteiger partial charge in [0.25, 0.3) is 10.0 Å². The number of ether oxygens (including phenoxy) is 1. The number of carbonyl (C=O) groups is 1. The molecule has 138 valence electrons. The third-order valence-corrected chi connectivity index (χ3v) is 6.52. The summed E-state index contributed by atoms with van der Waals surface area (Å²) in [4.78, 5) is 14.6. The fourth-order valence-electron chi connectivity index (χ4n) is 2.97. The summed E-state index contributed by atoms with van der Waals surface area (Å²) in [6.45, 7) is 0.464. The van der Waals surface area contributed by atoms with E-state index in [1.54, 1.807) is 42.3 Å². The van der Waals surface area contributed by atoms with Crippen LogP contribution in [0.25, 0.3) is 0 Å². The molecule has 2 aromatic carbocycles. The number of hydrogen-bond acceptors (Lipinski definition) is 5. The summed E-state index contributed by atoms with van der Waals surface area (Å²) in [6.07, 6.45) is 2.25. The standard InChI is InChI=1S/C18H20N2O4S2/c1-20-11-12-8-13(9-16(25-3)14(12)10-18(20)21)19-26(22,23)17-7-5-4-6-15(17)24-2/h4-9,19H,10-11H2,1-3H3. The van der Waals surface area contributed by atoms with E-state index in [1.807, 2.05) is 6.26 Å². The zero-order valence-electron chi connectivity index (χ0n) is 14.8. The number of hydrogen-bond donors (Lipinski definition) is 1. The number of carbonyl (C=O) groups excluding carboxylic acids is 1. The predicted octanol–water partition coefficient (Wildman–Crippen LogP) is 2.73. The maximum Gasteiger partial charge on any atom is 0.265 e. The third kappa shape index (κ3) is 3.52. The number of thioether (sulfide) groups is 1. The van der Waals surface area contributed by atoms with Crippen molar-refractivity contribution in [3.63, 3.8) is 0 Å². The summed E-state index contributed by atoms with van der Waals surface area (Å²) in [5.74, 6) is 0.350. The Morgan fingerprint density at radius 1 is 1.23 bits per heavy atom. The lowest BCUT2D eigenvalue weighted by Crippen LogP contribution is -2.33. The number of methoxy groups -OCH3 is 1. The highest BCUT2D eigenvalue weighted by Crippen LogP contribution is 2.33. The molecule has 1 amide bonds. The first-order valence-electron chi connectivity index (χ1n) is 7.95. The summed E-state index contributed by atoms with van der Waals surface area (Å²) in [5.41, 5.74) is 2.40. The number of amides is 1. The van der Waals surface area contributed by atoms with Gasteiger partial charge in [-0.2, -0.15) is 0 Å². The molecule has 6 nitrogen and oxygen atoms in total. The van der Waals surface area contributed by atoms with Gasteiger partial charge in [0.2, 0.25) is 5.91 Å². The van der Waals surface area contributed by atoms with Crippen molar-refractivity contribution in [2.75, 3.05) is 25.1 Å². The lowest BCUT2D eigenvalue weighted by atomic mass is 9.99. The van der Waals surface area contributed by atoms with E-state index in [0.717, 1.165) is 16.0 Å². The summed E-state index contributed by atoms with van der Waals surface area (Å²) in [6, 6.07) is 10.0. The van der Waals surface area contributed by atoms with Crippen molar-refractivity contribution >= 4 is 33.4 Å². The van der Waals surface area contributed by atoms with Crippen molar-refractivity contribution in [3.8, 4) is 5.75 Å². The number of nitrogens with one attached hydrogen (secondary N) is 1. The predicted molar refractivity (Wildman–Crippen MR) is 102 cm³/mol. The average Bonchev–Trinajstić information content (AvgIpc) is 2.62. The van der Waals surface area contributed by atoms with Gasteiger partial charge in [-0.1, -0.05) is 12.1 Å². The molecule has 0 aromatic heterocycles. The van der Waals surface area contributed by atoms with E-state index in [2.05, 4.69) is 4.72 Å². The zero-order chi connectivity index (χ0) is 18.9. The molecule has 0 saturated heterocycles. The molecule has 0 bridgehead atoms. The monoisotopic (exact) mass is 392 g/mol. The number of rotatable bonds is 5. The van der Waals surface area contributed by atoms with Crippen LogP contribution in [-0.2, 0) is 27.8 Å². The smallest absolute Gasteiger partial charge is 0.265 e. The Labute approximate surface area is 157 Å². The van der Waals surface area contributed by atoms with Gasteiger partial charge in [0, 0.05) is 18.5 Å². The van der Waals surface area contributed by atoms with Crippen LogP contribution in [0.3, 0.4) is 0 Å². The van der Waals surface area contributed by atoms with Crippen LogP contribution in [-0.4, -0.2) is 39.6 Å². The highest BCUT2D eigenvalue weighted by atomic mass is 32.2. The van der Waals surface area contributed by atoms with E-state index < -0.39 is 10.0 Å². The minimum atomic E-state index is -3.80. The highest BCUT2D eigenvalue weighted by Gasteiger charge is 2.25. The van der Waals surface area contributed by atoms with Crippen molar-refractivity contribution < 1.29 is 17.9 Å². The molecule has 2 aromatic rings. The van der Waals surface area contributed by atoms with Crippen molar-refractivity contribution in [1.82, 2.24) is 4.90 Å². The molecule has 1 N–H and O–H groups in total. The molecule has 26 heavy (non-hydrogen) atoms. The third-order valence-electron chi connectivity index (χ3n) is 4.29. The molecule has 1 aliphatic heterocycles. The first kappa shape index (κ1) is 18.6. The number of anilines is 1. The Morgan fingerprint density at radius 2 is 1.96 bits per heavy atom. The van der Waals surface area contributed by atoms with E-state index in [-0.39, 0.29) is 16.6 Å². The zero-order valence-corrected chi connectivity index (χ0v) is 16.4. The van der Waals surface area contributed by atoms with Crippen LogP contribution in [0.2, 0.25) is 0 Å². The normalized spacial score (nSPS) is 14.1. The van der Waals surface area contributed by atoms with Gasteiger partial charge < -0.3 is 9.64 Å². The number of sulfonamides is 1. The lowest BCUT2D eigenvalue weighted by Gasteiger charge is -2.27. The topological polar surface area (TPSA) is 75.7 Å². The maximum atomic E-state index is 12.8. The Hall–Kier alpha value is -2.19. The van der Waals surface area contributed by atoms with Gasteiger partial charge in [0.1, 0.15) is 10.6 Å². The molecule has 0 fully saturated rings. The molecular weight excluding hydrogens is 372 g/mol. The van der Waals surface area contributed by atoms with Crippen LogP contribution in [0.1, 0.15) is 11.1 Å². The van der Waals surface area contributed by atoms with Crippen molar-refractivity contribution in [2.24, 2.45) is 0 Å². The second-order valence-corrected chi connectivity index (χ2v) is 8.50. The molecule has 0 saturated carbocycles. The highest BCUT2D eigenvalue weighted by molar-refractivity contribution is 7.98. The molecule has 1 aliphatic rings. The summed E-state index contributed by atoms with van der Waals surface area (Å²) in [5, 5.41) is 0. The second-order valence-electron chi connectivity index (χ2n) is 6.00. The quantitative estimate of drug-likeness (QED) is 0.792. The van der Waals surface area contributed by atoms with Crippen LogP contribution in [0.4, 0.5) is 5.69 Å². The van der Waals surface area contributed by atoms with Gasteiger partial charge in [-0.15, -0.1) is 11.8 Å². The largest absolute Gasteiger partial charge is 0.495 e. The van der Waals surface area contributed by atoms with Gasteiger partial charge in [-0.25, -0.2) is 8.42 Å². The van der Waals surface area contributed by atoms with Gasteiger partial charge in [0.15, 0.2) is 0 Å². The number of benzene rings is 2. The number of likely N-dealkylation sites (N-methyl/N-ethyl adjacent to an activating group) is 1. The molecule has 0 spiro atoms. The molecule has 0 radical (unpaired) electrons. The van der Waals surface area contributed by atoms with Crippen molar-refractivity contribution in [2.45, 2.75) is 22.8 Å². The van der Waals surface area contributed by atoms with Crippen molar-refractivity contribution in [3.05, 3.63) is 47.5 Å². The molecule has 3 rings (SSSR count). The fourth-order valence-corrected chi connectivity index (χ4v) is 4.87. The molecule has 0 unspecified atom stereocenters. The van der Waals surface area contributed by atoms with Gasteiger partial charge in [0.05, 0.1) is 19.2 Å². The molecule has 8 heteroatoms. The number of para-hydroxylation sites is 1. The van der Waals surface area contributed by atoms with E-state index in [4.69, 9.17) is 4.74 Å². The number of fused-ring (bicyclic) bond motifs is 1. The first-order valence-corrected chi connectivity index (χ1v) is 10.7. The average molecular weight is 393 g/mol. The summed E-state index contributed by atoms with van der Waals surface area (Å²) in [7, 11) is -0.615. The Morgan fingerprint density at radius 3 is 2.65 bits per heavy atom. The van der Waals surface area contributed by atoms with Gasteiger partial charge >= 0.3 is 0 Å². The van der Waals surface area contributed by atoms with Crippen LogP contribution < -0.4 is 9.46 Å². The molecule has 1 heterocycles. The van der Waals surface area contributed by atoms with Crippen molar-refractivity contribution in [1.29, 1.82) is 0 Å². The Kier molecular flexibility index (Phi) is 5.15. The minimum absolute atomic E-state index is 0.0650. The maximum absolute atomic E-state index is 12.8. The second kappa shape index (κ2) is 7.20. The van der Waals surface area contributed by atoms with Crippen LogP contribution >= 0.6 is 11.8 Å². The van der Waals surface area contributed by atoms with Crippen LogP contribution in [0.5, 0.6) is 5.75 Å². The lowest BCUT2D eigenvalue weighted by molar-refractivity contribution is -0.130. The first-order chi connectivity index (χ1) is 12.4. The van der Waals surface area contributed by atoms with Gasteiger partial charge in [-0.3, -0.25) is 9.52 Å². The van der Waals surface area contributed by atoms with E-state index in [9.17, 15) is 13.2 Å². The Balaban J connectivity index is 2.00. The van der Waals surface area contributed by atoms with E-state index >= 15 is 0 Å². The minimum Gasteiger partial charge on any atom is -0.495 e. The SMILES string of the molecule is COc1ccccc1S(=O)(=O)Nc1cc2c(c(SC)c1)CC(=O)N(C)C2.